The normalized spacial score (nSPS) is 15.8. The molecular weight excluding hydrogens is 577 g/mol. The van der Waals surface area contributed by atoms with Gasteiger partial charge in [-0.25, -0.2) is 0 Å². The summed E-state index contributed by atoms with van der Waals surface area (Å²) in [6.45, 7) is 8.33. The molecule has 1 saturated heterocycles. The standard InChI is InChI=1S/C42H34BNO3/c1-41(2)42(3,4)47-43(46-41)30-21-22-34-36-26-31(44-37-19-10-8-17-32(37)33-18-9-11-20-38(33)44)25-35(40(36)45-39(34)24-30)29-16-12-15-28(23-29)27-13-6-5-7-14-27/h5-26H,1-4H3. The number of rotatable bonds is 4. The fraction of sp³-hybridized carbons (Fsp3) is 0.143. The summed E-state index contributed by atoms with van der Waals surface area (Å²) in [6, 6.07) is 47.5. The van der Waals surface area contributed by atoms with Crippen molar-refractivity contribution in [3.63, 3.8) is 0 Å². The van der Waals surface area contributed by atoms with Gasteiger partial charge in [0.15, 0.2) is 0 Å². The van der Waals surface area contributed by atoms with E-state index in [1.165, 1.54) is 27.4 Å². The highest BCUT2D eigenvalue weighted by Gasteiger charge is 2.51. The number of nitrogens with zero attached hydrogens (tertiary/aromatic N) is 1. The monoisotopic (exact) mass is 611 g/mol. The summed E-state index contributed by atoms with van der Waals surface area (Å²) in [5.74, 6) is 0. The van der Waals surface area contributed by atoms with Crippen LogP contribution in [-0.2, 0) is 9.31 Å². The molecule has 1 aliphatic rings. The Morgan fingerprint density at radius 1 is 0.511 bits per heavy atom. The lowest BCUT2D eigenvalue weighted by Gasteiger charge is -2.32. The Bertz CT molecular complexity index is 2420. The summed E-state index contributed by atoms with van der Waals surface area (Å²) in [5, 5.41) is 4.60. The molecule has 0 saturated carbocycles. The van der Waals surface area contributed by atoms with Crippen LogP contribution in [-0.4, -0.2) is 22.9 Å². The molecule has 3 heterocycles. The summed E-state index contributed by atoms with van der Waals surface area (Å²) >= 11 is 0. The van der Waals surface area contributed by atoms with Gasteiger partial charge < -0.3 is 18.3 Å². The average Bonchev–Trinajstić information content (AvgIpc) is 3.70. The zero-order valence-electron chi connectivity index (χ0n) is 27.0. The zero-order valence-corrected chi connectivity index (χ0v) is 27.0. The van der Waals surface area contributed by atoms with E-state index in [0.717, 1.165) is 49.8 Å². The van der Waals surface area contributed by atoms with Crippen LogP contribution in [0.5, 0.6) is 0 Å². The van der Waals surface area contributed by atoms with E-state index in [-0.39, 0.29) is 0 Å². The molecule has 6 aromatic carbocycles. The van der Waals surface area contributed by atoms with Gasteiger partial charge in [-0.05, 0) is 86.2 Å². The number of furan rings is 1. The quantitative estimate of drug-likeness (QED) is 0.186. The van der Waals surface area contributed by atoms with Crippen LogP contribution in [0.15, 0.2) is 138 Å². The highest BCUT2D eigenvalue weighted by atomic mass is 16.7. The third-order valence-corrected chi connectivity index (χ3v) is 10.2. The summed E-state index contributed by atoms with van der Waals surface area (Å²) in [7, 11) is -0.465. The lowest BCUT2D eigenvalue weighted by molar-refractivity contribution is 0.00578. The molecule has 0 N–H and O–H groups in total. The molecule has 1 fully saturated rings. The van der Waals surface area contributed by atoms with Crippen molar-refractivity contribution in [3.05, 3.63) is 133 Å². The average molecular weight is 612 g/mol. The second-order valence-corrected chi connectivity index (χ2v) is 13.6. The first kappa shape index (κ1) is 28.2. The first-order chi connectivity index (χ1) is 22.8. The Morgan fingerprint density at radius 3 is 1.83 bits per heavy atom. The second-order valence-electron chi connectivity index (χ2n) is 13.6. The maximum Gasteiger partial charge on any atom is 0.494 e. The summed E-state index contributed by atoms with van der Waals surface area (Å²) in [6.07, 6.45) is 0. The molecule has 8 aromatic rings. The lowest BCUT2D eigenvalue weighted by atomic mass is 9.79. The van der Waals surface area contributed by atoms with Crippen molar-refractivity contribution in [3.8, 4) is 27.9 Å². The van der Waals surface area contributed by atoms with Gasteiger partial charge in [0.25, 0.3) is 0 Å². The van der Waals surface area contributed by atoms with E-state index >= 15 is 0 Å². The minimum absolute atomic E-state index is 0.422. The van der Waals surface area contributed by atoms with Crippen molar-refractivity contribution < 1.29 is 13.7 Å². The van der Waals surface area contributed by atoms with Gasteiger partial charge in [-0.1, -0.05) is 97.1 Å². The number of hydrogen-bond donors (Lipinski definition) is 0. The van der Waals surface area contributed by atoms with Gasteiger partial charge in [0.2, 0.25) is 0 Å². The summed E-state index contributed by atoms with van der Waals surface area (Å²) in [4.78, 5) is 0. The van der Waals surface area contributed by atoms with Crippen LogP contribution in [0.3, 0.4) is 0 Å². The minimum atomic E-state index is -0.465. The third kappa shape index (κ3) is 4.38. The molecule has 0 amide bonds. The molecule has 0 atom stereocenters. The Morgan fingerprint density at radius 2 is 1.13 bits per heavy atom. The van der Waals surface area contributed by atoms with Crippen LogP contribution in [0.4, 0.5) is 0 Å². The van der Waals surface area contributed by atoms with Crippen molar-refractivity contribution >= 4 is 56.3 Å². The number of hydrogen-bond acceptors (Lipinski definition) is 3. The minimum Gasteiger partial charge on any atom is -0.455 e. The van der Waals surface area contributed by atoms with Gasteiger partial charge >= 0.3 is 7.12 Å². The van der Waals surface area contributed by atoms with E-state index < -0.39 is 18.3 Å². The Labute approximate surface area is 274 Å². The van der Waals surface area contributed by atoms with Gasteiger partial charge in [0.1, 0.15) is 11.2 Å². The van der Waals surface area contributed by atoms with Crippen molar-refractivity contribution in [2.45, 2.75) is 38.9 Å². The molecular formula is C42H34BNO3. The molecule has 47 heavy (non-hydrogen) atoms. The van der Waals surface area contributed by atoms with Gasteiger partial charge in [0.05, 0.1) is 22.2 Å². The second kappa shape index (κ2) is 10.2. The Hall–Kier alpha value is -5.10. The van der Waals surface area contributed by atoms with Crippen LogP contribution in [0, 0.1) is 0 Å². The van der Waals surface area contributed by atoms with Crippen LogP contribution in [0.2, 0.25) is 0 Å². The topological polar surface area (TPSA) is 36.5 Å². The van der Waals surface area contributed by atoms with Gasteiger partial charge in [-0.2, -0.15) is 0 Å². The highest BCUT2D eigenvalue weighted by Crippen LogP contribution is 2.42. The molecule has 228 valence electrons. The fourth-order valence-electron chi connectivity index (χ4n) is 7.05. The molecule has 4 nitrogen and oxygen atoms in total. The Balaban J connectivity index is 1.30. The van der Waals surface area contributed by atoms with E-state index in [2.05, 4.69) is 166 Å². The molecule has 0 unspecified atom stereocenters. The molecule has 1 aliphatic heterocycles. The summed E-state index contributed by atoms with van der Waals surface area (Å²) in [5.41, 5.74) is 9.71. The molecule has 0 spiro atoms. The number of para-hydroxylation sites is 2. The smallest absolute Gasteiger partial charge is 0.455 e. The van der Waals surface area contributed by atoms with Crippen molar-refractivity contribution in [1.82, 2.24) is 4.57 Å². The third-order valence-electron chi connectivity index (χ3n) is 10.2. The van der Waals surface area contributed by atoms with E-state index in [9.17, 15) is 0 Å². The largest absolute Gasteiger partial charge is 0.494 e. The highest BCUT2D eigenvalue weighted by molar-refractivity contribution is 6.62. The molecule has 0 bridgehead atoms. The van der Waals surface area contributed by atoms with Gasteiger partial charge in [0, 0.05) is 32.8 Å². The first-order valence-electron chi connectivity index (χ1n) is 16.3. The molecule has 0 aliphatic carbocycles. The SMILES string of the molecule is CC1(C)OB(c2ccc3c(c2)oc2c(-c4cccc(-c5ccccc5)c4)cc(-n4c5ccccc5c5ccccc54)cc23)OC1(C)C. The van der Waals surface area contributed by atoms with Gasteiger partial charge in [-0.15, -0.1) is 0 Å². The number of benzene rings is 6. The molecule has 9 rings (SSSR count). The van der Waals surface area contributed by atoms with Crippen molar-refractivity contribution in [1.29, 1.82) is 0 Å². The van der Waals surface area contributed by atoms with E-state index in [1.54, 1.807) is 0 Å². The number of fused-ring (bicyclic) bond motifs is 6. The predicted molar refractivity (Wildman–Crippen MR) is 195 cm³/mol. The maximum atomic E-state index is 6.81. The first-order valence-corrected chi connectivity index (χ1v) is 16.3. The van der Waals surface area contributed by atoms with Crippen LogP contribution in [0.1, 0.15) is 27.7 Å². The van der Waals surface area contributed by atoms with Crippen LogP contribution < -0.4 is 5.46 Å². The van der Waals surface area contributed by atoms with E-state index in [1.807, 2.05) is 0 Å². The van der Waals surface area contributed by atoms with Crippen LogP contribution in [0.25, 0.3) is 71.7 Å². The number of aromatic nitrogens is 1. The summed E-state index contributed by atoms with van der Waals surface area (Å²) < 4.78 is 22.0. The van der Waals surface area contributed by atoms with Crippen molar-refractivity contribution in [2.75, 3.05) is 0 Å². The predicted octanol–water partition coefficient (Wildman–Crippen LogP) is 10.3. The fourth-order valence-corrected chi connectivity index (χ4v) is 7.05. The molecule has 5 heteroatoms. The lowest BCUT2D eigenvalue weighted by Crippen LogP contribution is -2.41. The molecule has 0 radical (unpaired) electrons. The maximum absolute atomic E-state index is 6.81. The zero-order chi connectivity index (χ0) is 31.9. The van der Waals surface area contributed by atoms with E-state index in [0.29, 0.717) is 0 Å². The van der Waals surface area contributed by atoms with E-state index in [4.69, 9.17) is 13.7 Å². The molecule has 2 aromatic heterocycles. The van der Waals surface area contributed by atoms with Gasteiger partial charge in [-0.3, -0.25) is 0 Å². The van der Waals surface area contributed by atoms with Crippen molar-refractivity contribution in [2.24, 2.45) is 0 Å². The Kier molecular flexibility index (Phi) is 6.11. The van der Waals surface area contributed by atoms with Crippen LogP contribution >= 0.6 is 0 Å².